The zero-order chi connectivity index (χ0) is 15.5. The molecule has 0 saturated carbocycles. The number of rotatable bonds is 6. The summed E-state index contributed by atoms with van der Waals surface area (Å²) >= 11 is 0. The maximum absolute atomic E-state index is 5.76. The van der Waals surface area contributed by atoms with Gasteiger partial charge in [0.1, 0.15) is 0 Å². The maximum atomic E-state index is 5.76. The fourth-order valence-corrected chi connectivity index (χ4v) is 4.00. The Hall–Kier alpha value is -0.950. The molecular weight excluding hydrogens is 280 g/mol. The molecule has 3 rings (SSSR count). The van der Waals surface area contributed by atoms with Crippen LogP contribution < -0.4 is 0 Å². The quantitative estimate of drug-likeness (QED) is 0.769. The van der Waals surface area contributed by atoms with E-state index in [1.807, 2.05) is 25.0 Å². The Kier molecular flexibility index (Phi) is 5.13. The molecule has 3 heterocycles. The molecule has 6 heteroatoms. The molecule has 124 valence electrons. The second-order valence-corrected chi connectivity index (χ2v) is 6.54. The van der Waals surface area contributed by atoms with Crippen molar-refractivity contribution in [3.63, 3.8) is 0 Å². The number of hydrogen-bond donors (Lipinski definition) is 0. The number of aryl methyl sites for hydroxylation is 1. The molecule has 1 aromatic heterocycles. The van der Waals surface area contributed by atoms with E-state index in [1.54, 1.807) is 7.11 Å². The number of likely N-dealkylation sites (tertiary alicyclic amines) is 2. The van der Waals surface area contributed by atoms with Gasteiger partial charge < -0.3 is 9.47 Å². The molecule has 3 atom stereocenters. The first-order valence-corrected chi connectivity index (χ1v) is 8.17. The van der Waals surface area contributed by atoms with E-state index in [1.165, 1.54) is 5.56 Å². The van der Waals surface area contributed by atoms with Crippen LogP contribution in [0, 0.1) is 5.92 Å². The van der Waals surface area contributed by atoms with Gasteiger partial charge in [-0.2, -0.15) is 5.10 Å². The number of fused-ring (bicyclic) bond motifs is 1. The first kappa shape index (κ1) is 15.9. The molecule has 2 aliphatic rings. The number of nitrogens with zero attached hydrogens (tertiary/aromatic N) is 4. The normalized spacial score (nSPS) is 29.9. The summed E-state index contributed by atoms with van der Waals surface area (Å²) < 4.78 is 12.9. The lowest BCUT2D eigenvalue weighted by Gasteiger charge is -2.41. The van der Waals surface area contributed by atoms with Crippen molar-refractivity contribution in [3.8, 4) is 0 Å². The number of methoxy groups -OCH3 is 2. The van der Waals surface area contributed by atoms with Gasteiger partial charge in [-0.3, -0.25) is 14.5 Å². The number of piperidine rings is 1. The largest absolute Gasteiger partial charge is 0.383 e. The molecule has 22 heavy (non-hydrogen) atoms. The highest BCUT2D eigenvalue weighted by Gasteiger charge is 2.44. The summed E-state index contributed by atoms with van der Waals surface area (Å²) in [4.78, 5) is 5.14. The molecule has 6 nitrogen and oxygen atoms in total. The first-order valence-electron chi connectivity index (χ1n) is 8.17. The maximum Gasteiger partial charge on any atom is 0.0639 e. The van der Waals surface area contributed by atoms with Crippen molar-refractivity contribution in [3.05, 3.63) is 18.0 Å². The second kappa shape index (κ2) is 7.08. The third-order valence-electron chi connectivity index (χ3n) is 5.11. The van der Waals surface area contributed by atoms with Crippen molar-refractivity contribution < 1.29 is 9.47 Å². The standard InChI is InChI=1S/C16H28N4O2/c1-18-9-13(8-17-18)10-20-5-4-16(22-3)14-11-19(6-7-21-2)12-15(14)20/h8-9,14-16H,4-7,10-12H2,1-3H3/t14-,15+,16-/m1/s1. The molecule has 0 spiro atoms. The summed E-state index contributed by atoms with van der Waals surface area (Å²) in [6.07, 6.45) is 5.61. The highest BCUT2D eigenvalue weighted by Crippen LogP contribution is 2.33. The molecule has 2 fully saturated rings. The van der Waals surface area contributed by atoms with Gasteiger partial charge in [0.05, 0.1) is 18.9 Å². The van der Waals surface area contributed by atoms with Crippen LogP contribution in [-0.4, -0.2) is 78.7 Å². The summed E-state index contributed by atoms with van der Waals surface area (Å²) in [5.41, 5.74) is 1.30. The van der Waals surface area contributed by atoms with Gasteiger partial charge in [-0.15, -0.1) is 0 Å². The van der Waals surface area contributed by atoms with Crippen LogP contribution in [0.5, 0.6) is 0 Å². The zero-order valence-corrected chi connectivity index (χ0v) is 13.9. The average molecular weight is 308 g/mol. The SMILES string of the molecule is COCCN1C[C@H]2[C@H](OC)CCN(Cc3cnn(C)c3)[C@H]2C1. The Bertz CT molecular complexity index is 478. The third-order valence-corrected chi connectivity index (χ3v) is 5.11. The molecule has 0 bridgehead atoms. The van der Waals surface area contributed by atoms with E-state index in [-0.39, 0.29) is 0 Å². The smallest absolute Gasteiger partial charge is 0.0639 e. The summed E-state index contributed by atoms with van der Waals surface area (Å²) in [5.74, 6) is 0.604. The Labute approximate surface area is 133 Å². The van der Waals surface area contributed by atoms with Crippen molar-refractivity contribution in [1.29, 1.82) is 0 Å². The second-order valence-electron chi connectivity index (χ2n) is 6.54. The van der Waals surface area contributed by atoms with Crippen LogP contribution in [0.1, 0.15) is 12.0 Å². The summed E-state index contributed by atoms with van der Waals surface area (Å²) in [5, 5.41) is 4.29. The van der Waals surface area contributed by atoms with Crippen LogP contribution in [0.2, 0.25) is 0 Å². The van der Waals surface area contributed by atoms with E-state index in [9.17, 15) is 0 Å². The highest BCUT2D eigenvalue weighted by atomic mass is 16.5. The molecule has 0 unspecified atom stereocenters. The monoisotopic (exact) mass is 308 g/mol. The van der Waals surface area contributed by atoms with Crippen LogP contribution in [0.25, 0.3) is 0 Å². The van der Waals surface area contributed by atoms with Crippen molar-refractivity contribution in [2.24, 2.45) is 13.0 Å². The minimum absolute atomic E-state index is 0.391. The first-order chi connectivity index (χ1) is 10.7. The molecule has 0 N–H and O–H groups in total. The summed E-state index contributed by atoms with van der Waals surface area (Å²) in [6, 6.07) is 0.579. The van der Waals surface area contributed by atoms with Gasteiger partial charge in [0.25, 0.3) is 0 Å². The lowest BCUT2D eigenvalue weighted by atomic mass is 9.89. The predicted molar refractivity (Wildman–Crippen MR) is 84.6 cm³/mol. The average Bonchev–Trinajstić information content (AvgIpc) is 3.12. The van der Waals surface area contributed by atoms with E-state index in [4.69, 9.17) is 9.47 Å². The lowest BCUT2D eigenvalue weighted by molar-refractivity contribution is -0.0245. The third kappa shape index (κ3) is 3.35. The molecule has 0 amide bonds. The molecule has 0 aliphatic carbocycles. The van der Waals surface area contributed by atoms with Crippen molar-refractivity contribution >= 4 is 0 Å². The van der Waals surface area contributed by atoms with E-state index in [2.05, 4.69) is 21.1 Å². The van der Waals surface area contributed by atoms with Gasteiger partial charge >= 0.3 is 0 Å². The zero-order valence-electron chi connectivity index (χ0n) is 13.9. The van der Waals surface area contributed by atoms with Gasteiger partial charge in [0, 0.05) is 77.7 Å². The molecule has 2 aliphatic heterocycles. The molecule has 2 saturated heterocycles. The Balaban J connectivity index is 1.67. The van der Waals surface area contributed by atoms with Gasteiger partial charge in [0.15, 0.2) is 0 Å². The van der Waals surface area contributed by atoms with E-state index < -0.39 is 0 Å². The van der Waals surface area contributed by atoms with E-state index >= 15 is 0 Å². The van der Waals surface area contributed by atoms with Crippen LogP contribution >= 0.6 is 0 Å². The minimum Gasteiger partial charge on any atom is -0.383 e. The van der Waals surface area contributed by atoms with E-state index in [0.29, 0.717) is 18.1 Å². The van der Waals surface area contributed by atoms with Gasteiger partial charge in [0.2, 0.25) is 0 Å². The van der Waals surface area contributed by atoms with Crippen LogP contribution in [0.4, 0.5) is 0 Å². The Morgan fingerprint density at radius 1 is 1.32 bits per heavy atom. The topological polar surface area (TPSA) is 42.8 Å². The highest BCUT2D eigenvalue weighted by molar-refractivity contribution is 5.06. The Morgan fingerprint density at radius 3 is 2.86 bits per heavy atom. The molecular formula is C16H28N4O2. The minimum atomic E-state index is 0.391. The van der Waals surface area contributed by atoms with E-state index in [0.717, 1.165) is 45.8 Å². The van der Waals surface area contributed by atoms with Crippen LogP contribution in [0.15, 0.2) is 12.4 Å². The van der Waals surface area contributed by atoms with Gasteiger partial charge in [-0.25, -0.2) is 0 Å². The van der Waals surface area contributed by atoms with Gasteiger partial charge in [-0.05, 0) is 6.42 Å². The number of ether oxygens (including phenoxy) is 2. The number of aromatic nitrogens is 2. The van der Waals surface area contributed by atoms with Crippen LogP contribution in [0.3, 0.4) is 0 Å². The molecule has 0 aromatic carbocycles. The number of hydrogen-bond acceptors (Lipinski definition) is 5. The summed E-state index contributed by atoms with van der Waals surface area (Å²) in [7, 11) is 5.61. The fraction of sp³-hybridized carbons (Fsp3) is 0.812. The lowest BCUT2D eigenvalue weighted by Crippen LogP contribution is -2.50. The fourth-order valence-electron chi connectivity index (χ4n) is 4.00. The van der Waals surface area contributed by atoms with Crippen molar-refractivity contribution in [2.45, 2.75) is 25.1 Å². The van der Waals surface area contributed by atoms with Crippen molar-refractivity contribution in [2.75, 3.05) is 47.0 Å². The van der Waals surface area contributed by atoms with Crippen LogP contribution in [-0.2, 0) is 23.1 Å². The molecule has 0 radical (unpaired) electrons. The molecule has 1 aromatic rings. The summed E-state index contributed by atoms with van der Waals surface area (Å²) in [6.45, 7) is 6.15. The van der Waals surface area contributed by atoms with Crippen molar-refractivity contribution in [1.82, 2.24) is 19.6 Å². The Morgan fingerprint density at radius 2 is 2.18 bits per heavy atom. The van der Waals surface area contributed by atoms with Gasteiger partial charge in [-0.1, -0.05) is 0 Å². The predicted octanol–water partition coefficient (Wildman–Crippen LogP) is 0.588.